The summed E-state index contributed by atoms with van der Waals surface area (Å²) in [7, 11) is 0. The molecule has 9 nitrogen and oxygen atoms in total. The molecule has 1 aromatic carbocycles. The molecule has 5 rings (SSSR count). The maximum atomic E-state index is 13.2. The molecule has 11 heteroatoms. The van der Waals surface area contributed by atoms with Crippen molar-refractivity contribution in [1.29, 1.82) is 0 Å². The second kappa shape index (κ2) is 9.32. The number of thiophene rings is 1. The number of nitrogens with zero attached hydrogens (tertiary/aromatic N) is 4. The average Bonchev–Trinajstić information content (AvgIpc) is 3.44. The van der Waals surface area contributed by atoms with Gasteiger partial charge < -0.3 is 4.74 Å². The molecule has 1 amide bonds. The van der Waals surface area contributed by atoms with Gasteiger partial charge in [0.1, 0.15) is 11.2 Å². The lowest BCUT2D eigenvalue weighted by Gasteiger charge is -2.16. The summed E-state index contributed by atoms with van der Waals surface area (Å²) >= 11 is 2.61. The first-order valence-electron chi connectivity index (χ1n) is 10.9. The number of aryl methyl sites for hydroxylation is 2. The number of thioether (sulfide) groups is 1. The predicted molar refractivity (Wildman–Crippen MR) is 133 cm³/mol. The molecular formula is C23H23N5O4S2. The van der Waals surface area contributed by atoms with Crippen LogP contribution in [0.1, 0.15) is 23.3 Å². The van der Waals surface area contributed by atoms with Crippen molar-refractivity contribution in [1.82, 2.24) is 19.2 Å². The highest BCUT2D eigenvalue weighted by atomic mass is 32.2. The van der Waals surface area contributed by atoms with E-state index < -0.39 is 5.91 Å². The summed E-state index contributed by atoms with van der Waals surface area (Å²) in [5, 5.41) is 1.49. The highest BCUT2D eigenvalue weighted by molar-refractivity contribution is 7.99. The van der Waals surface area contributed by atoms with Gasteiger partial charge >= 0.3 is 0 Å². The number of hydrogen-bond donors (Lipinski definition) is 1. The van der Waals surface area contributed by atoms with Crippen LogP contribution in [-0.4, -0.2) is 43.6 Å². The standard InChI is InChI=1S/C23H23N5O4S2/c1-13-14(2)34-20-19(13)22(31)28(12-24-20)26-18(29)11-33-23-25-17-8-4-3-7-16(17)21(30)27(23)10-15-6-5-9-32-15/h3-4,7-8,12,15H,5-6,9-11H2,1-2H3,(H,26,29). The van der Waals surface area contributed by atoms with Gasteiger partial charge in [-0.1, -0.05) is 23.9 Å². The molecule has 1 aliphatic heterocycles. The van der Waals surface area contributed by atoms with Crippen LogP contribution in [0.4, 0.5) is 0 Å². The maximum absolute atomic E-state index is 13.2. The monoisotopic (exact) mass is 497 g/mol. The summed E-state index contributed by atoms with van der Waals surface area (Å²) in [5.74, 6) is -0.425. The van der Waals surface area contributed by atoms with Gasteiger partial charge in [-0.25, -0.2) is 14.6 Å². The Kier molecular flexibility index (Phi) is 6.24. The molecule has 176 valence electrons. The van der Waals surface area contributed by atoms with E-state index in [4.69, 9.17) is 4.74 Å². The van der Waals surface area contributed by atoms with Gasteiger partial charge in [0.25, 0.3) is 11.1 Å². The van der Waals surface area contributed by atoms with Crippen LogP contribution >= 0.6 is 23.1 Å². The highest BCUT2D eigenvalue weighted by Crippen LogP contribution is 2.25. The Hall–Kier alpha value is -3.02. The number of aromatic nitrogens is 4. The Morgan fingerprint density at radius 3 is 2.88 bits per heavy atom. The Morgan fingerprint density at radius 1 is 1.26 bits per heavy atom. The van der Waals surface area contributed by atoms with Gasteiger partial charge in [-0.05, 0) is 44.4 Å². The molecule has 0 radical (unpaired) electrons. The minimum atomic E-state index is -0.399. The normalized spacial score (nSPS) is 15.9. The van der Waals surface area contributed by atoms with Crippen molar-refractivity contribution in [3.63, 3.8) is 0 Å². The van der Waals surface area contributed by atoms with Crippen molar-refractivity contribution in [3.05, 3.63) is 61.7 Å². The van der Waals surface area contributed by atoms with E-state index >= 15 is 0 Å². The Morgan fingerprint density at radius 2 is 2.09 bits per heavy atom. The molecule has 0 spiro atoms. The van der Waals surface area contributed by atoms with Crippen LogP contribution < -0.4 is 16.5 Å². The van der Waals surface area contributed by atoms with E-state index in [2.05, 4.69) is 15.4 Å². The number of benzene rings is 1. The quantitative estimate of drug-likeness (QED) is 0.322. The lowest BCUT2D eigenvalue weighted by molar-refractivity contribution is -0.114. The van der Waals surface area contributed by atoms with Crippen molar-refractivity contribution >= 4 is 50.1 Å². The molecule has 1 saturated heterocycles. The third kappa shape index (κ3) is 4.26. The van der Waals surface area contributed by atoms with E-state index in [1.165, 1.54) is 17.7 Å². The Labute approximate surface area is 202 Å². The molecular weight excluding hydrogens is 474 g/mol. The maximum Gasteiger partial charge on any atom is 0.281 e. The summed E-state index contributed by atoms with van der Waals surface area (Å²) in [6.07, 6.45) is 3.11. The zero-order valence-corrected chi connectivity index (χ0v) is 20.4. The van der Waals surface area contributed by atoms with Crippen molar-refractivity contribution in [2.24, 2.45) is 0 Å². The number of carbonyl (C=O) groups excluding carboxylic acids is 1. The average molecular weight is 498 g/mol. The largest absolute Gasteiger partial charge is 0.376 e. The van der Waals surface area contributed by atoms with Crippen molar-refractivity contribution in [2.45, 2.75) is 44.5 Å². The second-order valence-corrected chi connectivity index (χ2v) is 10.3. The number of hydrogen-bond acceptors (Lipinski definition) is 8. The molecule has 1 N–H and O–H groups in total. The first-order chi connectivity index (χ1) is 16.4. The lowest BCUT2D eigenvalue weighted by Crippen LogP contribution is -2.34. The number of nitrogens with one attached hydrogen (secondary N) is 1. The summed E-state index contributed by atoms with van der Waals surface area (Å²) in [4.78, 5) is 49.3. The fourth-order valence-electron chi connectivity index (χ4n) is 4.02. The van der Waals surface area contributed by atoms with E-state index in [1.807, 2.05) is 19.9 Å². The van der Waals surface area contributed by atoms with Gasteiger partial charge in [0.2, 0.25) is 5.91 Å². The molecule has 3 aromatic heterocycles. The van der Waals surface area contributed by atoms with Crippen LogP contribution in [0.2, 0.25) is 0 Å². The second-order valence-electron chi connectivity index (χ2n) is 8.17. The molecule has 1 unspecified atom stereocenters. The molecule has 0 saturated carbocycles. The third-order valence-electron chi connectivity index (χ3n) is 5.90. The molecule has 4 aromatic rings. The topological polar surface area (TPSA) is 108 Å². The van der Waals surface area contributed by atoms with Crippen LogP contribution in [0.15, 0.2) is 45.3 Å². The zero-order chi connectivity index (χ0) is 23.8. The Bertz CT molecular complexity index is 1520. The molecule has 0 aliphatic carbocycles. The first kappa shape index (κ1) is 22.8. The molecule has 1 atom stereocenters. The first-order valence-corrected chi connectivity index (χ1v) is 12.7. The number of ether oxygens (including phenoxy) is 1. The van der Waals surface area contributed by atoms with Crippen molar-refractivity contribution in [2.75, 3.05) is 17.8 Å². The van der Waals surface area contributed by atoms with E-state index in [-0.39, 0.29) is 23.0 Å². The number of fused-ring (bicyclic) bond motifs is 2. The molecule has 1 aliphatic rings. The number of rotatable bonds is 6. The summed E-state index contributed by atoms with van der Waals surface area (Å²) in [6, 6.07) is 7.16. The smallest absolute Gasteiger partial charge is 0.281 e. The Balaban J connectivity index is 1.39. The highest BCUT2D eigenvalue weighted by Gasteiger charge is 2.21. The van der Waals surface area contributed by atoms with Gasteiger partial charge in [0.15, 0.2) is 5.16 Å². The van der Waals surface area contributed by atoms with Gasteiger partial charge in [-0.3, -0.25) is 24.4 Å². The fraction of sp³-hybridized carbons (Fsp3) is 0.348. The number of para-hydroxylation sites is 1. The SMILES string of the molecule is Cc1sc2ncn(NC(=O)CSc3nc4ccccc4c(=O)n3CC3CCCO3)c(=O)c2c1C. The third-order valence-corrected chi connectivity index (χ3v) is 8.00. The van der Waals surface area contributed by atoms with E-state index in [0.29, 0.717) is 39.4 Å². The van der Waals surface area contributed by atoms with Crippen LogP contribution in [0.25, 0.3) is 21.1 Å². The van der Waals surface area contributed by atoms with E-state index in [1.54, 1.807) is 22.8 Å². The van der Waals surface area contributed by atoms with Crippen LogP contribution in [0.3, 0.4) is 0 Å². The van der Waals surface area contributed by atoms with E-state index in [9.17, 15) is 14.4 Å². The van der Waals surface area contributed by atoms with Gasteiger partial charge in [-0.15, -0.1) is 11.3 Å². The van der Waals surface area contributed by atoms with E-state index in [0.717, 1.165) is 39.7 Å². The summed E-state index contributed by atoms with van der Waals surface area (Å²) < 4.78 is 8.42. The zero-order valence-electron chi connectivity index (χ0n) is 18.7. The van der Waals surface area contributed by atoms with Crippen molar-refractivity contribution in [3.8, 4) is 0 Å². The molecule has 4 heterocycles. The van der Waals surface area contributed by atoms with Gasteiger partial charge in [0, 0.05) is 11.5 Å². The van der Waals surface area contributed by atoms with Crippen LogP contribution in [0.5, 0.6) is 0 Å². The number of amides is 1. The number of carbonyl (C=O) groups is 1. The predicted octanol–water partition coefficient (Wildman–Crippen LogP) is 2.83. The van der Waals surface area contributed by atoms with Gasteiger partial charge in [-0.2, -0.15) is 0 Å². The van der Waals surface area contributed by atoms with Crippen LogP contribution in [-0.2, 0) is 16.1 Å². The molecule has 1 fully saturated rings. The minimum Gasteiger partial charge on any atom is -0.376 e. The summed E-state index contributed by atoms with van der Waals surface area (Å²) in [5.41, 5.74) is 3.58. The fourth-order valence-corrected chi connectivity index (χ4v) is 5.81. The van der Waals surface area contributed by atoms with Crippen LogP contribution in [0, 0.1) is 13.8 Å². The lowest BCUT2D eigenvalue weighted by atomic mass is 10.2. The molecule has 34 heavy (non-hydrogen) atoms. The molecule has 0 bridgehead atoms. The minimum absolute atomic E-state index is 0.0254. The summed E-state index contributed by atoms with van der Waals surface area (Å²) in [6.45, 7) is 4.88. The van der Waals surface area contributed by atoms with Gasteiger partial charge in [0.05, 0.1) is 34.7 Å². The van der Waals surface area contributed by atoms with Crippen molar-refractivity contribution < 1.29 is 9.53 Å².